The van der Waals surface area contributed by atoms with Crippen LogP contribution in [0.1, 0.15) is 18.0 Å². The lowest BCUT2D eigenvalue weighted by atomic mass is 9.91. The highest BCUT2D eigenvalue weighted by Crippen LogP contribution is 2.30. The third kappa shape index (κ3) is 1.50. The number of alkyl halides is 1. The second kappa shape index (κ2) is 3.87. The van der Waals surface area contributed by atoms with Crippen molar-refractivity contribution in [1.29, 1.82) is 0 Å². The van der Waals surface area contributed by atoms with Gasteiger partial charge in [0.25, 0.3) is 0 Å². The molecule has 2 N–H and O–H groups in total. The van der Waals surface area contributed by atoms with Crippen LogP contribution < -0.4 is 5.32 Å². The number of hydrogen-bond acceptors (Lipinski definition) is 2. The van der Waals surface area contributed by atoms with E-state index in [0.717, 1.165) is 29.6 Å². The van der Waals surface area contributed by atoms with E-state index >= 15 is 0 Å². The zero-order valence-electron chi connectivity index (χ0n) is 8.91. The average molecular weight is 219 g/mol. The average Bonchev–Trinajstić information content (AvgIpc) is 2.77. The van der Waals surface area contributed by atoms with Crippen molar-refractivity contribution >= 4 is 10.9 Å². The number of H-pyrrole nitrogens is 1. The maximum Gasteiger partial charge on any atom is 0.121 e. The standard InChI is InChI=1S/C12H14FN3/c13-10-7-14-4-1-8(10)12-9-2-5-15-11(9)3-6-16-12/h2-3,5-6,8,10,14-15H,1,4,7H2/t8-,10+/m0/s1. The number of nitrogens with one attached hydrogen (secondary N) is 2. The van der Waals surface area contributed by atoms with Crippen LogP contribution in [0.4, 0.5) is 4.39 Å². The molecule has 0 amide bonds. The second-order valence-electron chi connectivity index (χ2n) is 4.25. The van der Waals surface area contributed by atoms with Gasteiger partial charge in [-0.1, -0.05) is 0 Å². The van der Waals surface area contributed by atoms with Crippen LogP contribution in [-0.2, 0) is 0 Å². The zero-order chi connectivity index (χ0) is 11.0. The van der Waals surface area contributed by atoms with Gasteiger partial charge in [-0.15, -0.1) is 0 Å². The molecule has 2 aromatic rings. The molecule has 1 aliphatic rings. The van der Waals surface area contributed by atoms with E-state index in [4.69, 9.17) is 0 Å². The van der Waals surface area contributed by atoms with E-state index in [-0.39, 0.29) is 5.92 Å². The van der Waals surface area contributed by atoms with Crippen molar-refractivity contribution < 1.29 is 4.39 Å². The number of halogens is 1. The van der Waals surface area contributed by atoms with Crippen molar-refractivity contribution in [3.63, 3.8) is 0 Å². The molecule has 84 valence electrons. The van der Waals surface area contributed by atoms with Gasteiger partial charge in [0.15, 0.2) is 0 Å². The second-order valence-corrected chi connectivity index (χ2v) is 4.25. The summed E-state index contributed by atoms with van der Waals surface area (Å²) in [5.41, 5.74) is 1.93. The summed E-state index contributed by atoms with van der Waals surface area (Å²) in [4.78, 5) is 7.50. The van der Waals surface area contributed by atoms with Gasteiger partial charge in [-0.25, -0.2) is 4.39 Å². The molecule has 1 aliphatic heterocycles. The smallest absolute Gasteiger partial charge is 0.121 e. The molecule has 3 rings (SSSR count). The molecule has 0 aliphatic carbocycles. The molecule has 2 aromatic heterocycles. The highest BCUT2D eigenvalue weighted by molar-refractivity contribution is 5.81. The summed E-state index contributed by atoms with van der Waals surface area (Å²) in [5.74, 6) is -0.0688. The van der Waals surface area contributed by atoms with E-state index in [9.17, 15) is 4.39 Å². The maximum atomic E-state index is 13.9. The first-order valence-electron chi connectivity index (χ1n) is 5.63. The van der Waals surface area contributed by atoms with E-state index in [1.807, 2.05) is 18.3 Å². The van der Waals surface area contributed by atoms with Crippen molar-refractivity contribution in [2.24, 2.45) is 0 Å². The zero-order valence-corrected chi connectivity index (χ0v) is 8.91. The molecule has 3 nitrogen and oxygen atoms in total. The summed E-state index contributed by atoms with van der Waals surface area (Å²) >= 11 is 0. The van der Waals surface area contributed by atoms with Gasteiger partial charge in [-0.05, 0) is 25.1 Å². The van der Waals surface area contributed by atoms with Gasteiger partial charge in [0.1, 0.15) is 6.17 Å². The van der Waals surface area contributed by atoms with Gasteiger partial charge < -0.3 is 10.3 Å². The normalized spacial score (nSPS) is 26.1. The lowest BCUT2D eigenvalue weighted by Gasteiger charge is -2.26. The number of nitrogens with zero attached hydrogens (tertiary/aromatic N) is 1. The minimum Gasteiger partial charge on any atom is -0.361 e. The van der Waals surface area contributed by atoms with Gasteiger partial charge in [-0.3, -0.25) is 4.98 Å². The summed E-state index contributed by atoms with van der Waals surface area (Å²) < 4.78 is 13.9. The molecule has 2 atom stereocenters. The fourth-order valence-electron chi connectivity index (χ4n) is 2.43. The fraction of sp³-hybridized carbons (Fsp3) is 0.417. The van der Waals surface area contributed by atoms with Gasteiger partial charge in [0, 0.05) is 35.8 Å². The first-order chi connectivity index (χ1) is 7.86. The van der Waals surface area contributed by atoms with E-state index in [0.29, 0.717) is 6.54 Å². The van der Waals surface area contributed by atoms with Gasteiger partial charge >= 0.3 is 0 Å². The van der Waals surface area contributed by atoms with Gasteiger partial charge in [0.2, 0.25) is 0 Å². The molecule has 0 bridgehead atoms. The predicted octanol–water partition coefficient (Wildman–Crippen LogP) is 1.98. The Morgan fingerprint density at radius 1 is 1.38 bits per heavy atom. The molecule has 1 fully saturated rings. The summed E-state index contributed by atoms with van der Waals surface area (Å²) in [6.07, 6.45) is 3.62. The topological polar surface area (TPSA) is 40.7 Å². The van der Waals surface area contributed by atoms with Gasteiger partial charge in [-0.2, -0.15) is 0 Å². The van der Waals surface area contributed by atoms with Gasteiger partial charge in [0.05, 0.1) is 5.69 Å². The molecule has 4 heteroatoms. The minimum absolute atomic E-state index is 0.0688. The summed E-state index contributed by atoms with van der Waals surface area (Å²) in [5, 5.41) is 4.12. The Morgan fingerprint density at radius 2 is 2.31 bits per heavy atom. The number of hydrogen-bond donors (Lipinski definition) is 2. The molecule has 0 radical (unpaired) electrons. The first-order valence-corrected chi connectivity index (χ1v) is 5.63. The number of piperidine rings is 1. The summed E-state index contributed by atoms with van der Waals surface area (Å²) in [6.45, 7) is 1.31. The van der Waals surface area contributed by atoms with Crippen LogP contribution >= 0.6 is 0 Å². The third-order valence-electron chi connectivity index (χ3n) is 3.27. The van der Waals surface area contributed by atoms with Crippen LogP contribution in [-0.4, -0.2) is 29.2 Å². The summed E-state index contributed by atoms with van der Waals surface area (Å²) in [6, 6.07) is 3.90. The Labute approximate surface area is 93.1 Å². The van der Waals surface area contributed by atoms with Crippen LogP contribution in [0.5, 0.6) is 0 Å². The van der Waals surface area contributed by atoms with Crippen LogP contribution in [0, 0.1) is 0 Å². The Hall–Kier alpha value is -1.42. The molecule has 0 unspecified atom stereocenters. The predicted molar refractivity (Wildman–Crippen MR) is 61.2 cm³/mol. The molecule has 0 saturated carbocycles. The first kappa shape index (κ1) is 9.78. The number of aromatic amines is 1. The van der Waals surface area contributed by atoms with Crippen molar-refractivity contribution in [3.8, 4) is 0 Å². The monoisotopic (exact) mass is 219 g/mol. The highest BCUT2D eigenvalue weighted by Gasteiger charge is 2.28. The van der Waals surface area contributed by atoms with E-state index < -0.39 is 6.17 Å². The Morgan fingerprint density at radius 3 is 3.19 bits per heavy atom. The summed E-state index contributed by atoms with van der Waals surface area (Å²) in [7, 11) is 0. The van der Waals surface area contributed by atoms with E-state index in [1.165, 1.54) is 0 Å². The van der Waals surface area contributed by atoms with E-state index in [1.54, 1.807) is 6.20 Å². The fourth-order valence-corrected chi connectivity index (χ4v) is 2.43. The molecular weight excluding hydrogens is 205 g/mol. The van der Waals surface area contributed by atoms with E-state index in [2.05, 4.69) is 15.3 Å². The molecule has 0 aromatic carbocycles. The molecule has 1 saturated heterocycles. The number of aromatic nitrogens is 2. The lowest BCUT2D eigenvalue weighted by Crippen LogP contribution is -2.37. The number of rotatable bonds is 1. The largest absolute Gasteiger partial charge is 0.361 e. The number of pyridine rings is 1. The SMILES string of the molecule is F[C@@H]1CNCC[C@@H]1c1nccc2[nH]ccc12. The van der Waals surface area contributed by atoms with Crippen molar-refractivity contribution in [3.05, 3.63) is 30.2 Å². The quantitative estimate of drug-likeness (QED) is 0.770. The Kier molecular flexibility index (Phi) is 2.36. The molecule has 0 spiro atoms. The Balaban J connectivity index is 2.07. The number of fused-ring (bicyclic) bond motifs is 1. The van der Waals surface area contributed by atoms with Crippen LogP contribution in [0.25, 0.3) is 10.9 Å². The third-order valence-corrected chi connectivity index (χ3v) is 3.27. The highest BCUT2D eigenvalue weighted by atomic mass is 19.1. The molecule has 16 heavy (non-hydrogen) atoms. The van der Waals surface area contributed by atoms with Crippen molar-refractivity contribution in [2.75, 3.05) is 13.1 Å². The Bertz CT molecular complexity index is 494. The van der Waals surface area contributed by atoms with Crippen LogP contribution in [0.2, 0.25) is 0 Å². The molecule has 3 heterocycles. The molecular formula is C12H14FN3. The van der Waals surface area contributed by atoms with Crippen LogP contribution in [0.15, 0.2) is 24.5 Å². The van der Waals surface area contributed by atoms with Crippen LogP contribution in [0.3, 0.4) is 0 Å². The van der Waals surface area contributed by atoms with Crippen molar-refractivity contribution in [1.82, 2.24) is 15.3 Å². The van der Waals surface area contributed by atoms with Crippen molar-refractivity contribution in [2.45, 2.75) is 18.5 Å². The minimum atomic E-state index is -0.832. The maximum absolute atomic E-state index is 13.9. The lowest BCUT2D eigenvalue weighted by molar-refractivity contribution is 0.229.